The van der Waals surface area contributed by atoms with Gasteiger partial charge in [-0.2, -0.15) is 0 Å². The van der Waals surface area contributed by atoms with Crippen molar-refractivity contribution in [2.45, 2.75) is 37.7 Å². The summed E-state index contributed by atoms with van der Waals surface area (Å²) >= 11 is 6.33. The van der Waals surface area contributed by atoms with Crippen molar-refractivity contribution >= 4 is 17.5 Å². The smallest absolute Gasteiger partial charge is 0.255 e. The minimum atomic E-state index is -0.578. The summed E-state index contributed by atoms with van der Waals surface area (Å²) in [5, 5.41) is 11.3. The van der Waals surface area contributed by atoms with Gasteiger partial charge in [0.1, 0.15) is 0 Å². The molecule has 2 aliphatic rings. The van der Waals surface area contributed by atoms with Gasteiger partial charge in [-0.25, -0.2) is 0 Å². The highest BCUT2D eigenvalue weighted by atomic mass is 35.5. The van der Waals surface area contributed by atoms with E-state index in [2.05, 4.69) is 0 Å². The minimum absolute atomic E-state index is 0.0355. The molecule has 0 bridgehead atoms. The second-order valence-electron chi connectivity index (χ2n) is 7.30. The number of rotatable bonds is 2. The molecule has 1 aliphatic carbocycles. The fraction of sp³-hybridized carbons (Fsp3) is 0.450. The number of aliphatic hydroxyl groups is 1. The molecule has 4 rings (SSSR count). The Morgan fingerprint density at radius 2 is 2.00 bits per heavy atom. The molecule has 4 nitrogen and oxygen atoms in total. The summed E-state index contributed by atoms with van der Waals surface area (Å²) in [7, 11) is 0. The van der Waals surface area contributed by atoms with E-state index in [9.17, 15) is 9.90 Å². The maximum atomic E-state index is 13.1. The van der Waals surface area contributed by atoms with E-state index < -0.39 is 5.60 Å². The Balaban J connectivity index is 1.58. The lowest BCUT2D eigenvalue weighted by atomic mass is 9.71. The van der Waals surface area contributed by atoms with Gasteiger partial charge in [-0.05, 0) is 49.6 Å². The van der Waals surface area contributed by atoms with Gasteiger partial charge in [0.05, 0.1) is 16.2 Å². The number of amides is 1. The van der Waals surface area contributed by atoms with Crippen LogP contribution in [0.25, 0.3) is 5.69 Å². The summed E-state index contributed by atoms with van der Waals surface area (Å²) in [6, 6.07) is 9.45. The summed E-state index contributed by atoms with van der Waals surface area (Å²) < 4.78 is 1.96. The van der Waals surface area contributed by atoms with Gasteiger partial charge < -0.3 is 14.6 Å². The van der Waals surface area contributed by atoms with Crippen LogP contribution in [0.4, 0.5) is 0 Å². The topological polar surface area (TPSA) is 45.5 Å². The highest BCUT2D eigenvalue weighted by Gasteiger charge is 2.43. The molecule has 1 aromatic heterocycles. The first kappa shape index (κ1) is 16.7. The lowest BCUT2D eigenvalue weighted by Crippen LogP contribution is -2.54. The van der Waals surface area contributed by atoms with Crippen molar-refractivity contribution < 1.29 is 9.90 Å². The van der Waals surface area contributed by atoms with E-state index in [1.807, 2.05) is 46.1 Å². The Hall–Kier alpha value is -1.78. The summed E-state index contributed by atoms with van der Waals surface area (Å²) in [4.78, 5) is 14.9. The molecule has 2 heterocycles. The monoisotopic (exact) mass is 358 g/mol. The third kappa shape index (κ3) is 3.09. The van der Waals surface area contributed by atoms with Gasteiger partial charge in [-0.3, -0.25) is 4.79 Å². The Morgan fingerprint density at radius 3 is 2.80 bits per heavy atom. The Kier molecular flexibility index (Phi) is 4.34. The van der Waals surface area contributed by atoms with E-state index in [1.54, 1.807) is 6.07 Å². The van der Waals surface area contributed by atoms with Crippen molar-refractivity contribution in [1.29, 1.82) is 0 Å². The quantitative estimate of drug-likeness (QED) is 0.885. The van der Waals surface area contributed by atoms with Crippen LogP contribution in [0.5, 0.6) is 0 Å². The number of hydrogen-bond donors (Lipinski definition) is 1. The number of hydrogen-bond acceptors (Lipinski definition) is 2. The highest BCUT2D eigenvalue weighted by molar-refractivity contribution is 6.33. The van der Waals surface area contributed by atoms with Gasteiger partial charge in [-0.1, -0.05) is 24.4 Å². The zero-order valence-electron chi connectivity index (χ0n) is 14.2. The number of carbonyl (C=O) groups is 1. The largest absolute Gasteiger partial charge is 0.389 e. The van der Waals surface area contributed by atoms with Crippen molar-refractivity contribution in [1.82, 2.24) is 9.47 Å². The molecule has 1 amide bonds. The normalized spacial score (nSPS) is 26.3. The third-order valence-corrected chi connectivity index (χ3v) is 6.13. The third-order valence-electron chi connectivity index (χ3n) is 5.80. The fourth-order valence-electron chi connectivity index (χ4n) is 4.27. The lowest BCUT2D eigenvalue weighted by Gasteiger charge is -2.47. The van der Waals surface area contributed by atoms with Crippen LogP contribution in [0.3, 0.4) is 0 Å². The maximum absolute atomic E-state index is 13.1. The molecule has 1 aliphatic heterocycles. The van der Waals surface area contributed by atoms with E-state index in [0.29, 0.717) is 30.1 Å². The van der Waals surface area contributed by atoms with Crippen molar-refractivity contribution in [3.8, 4) is 5.69 Å². The molecule has 2 fully saturated rings. The Labute approximate surface area is 153 Å². The van der Waals surface area contributed by atoms with Gasteiger partial charge in [-0.15, -0.1) is 0 Å². The number of likely N-dealkylation sites (tertiary alicyclic amines) is 1. The zero-order valence-corrected chi connectivity index (χ0v) is 15.0. The van der Waals surface area contributed by atoms with Crippen LogP contribution in [0.15, 0.2) is 42.7 Å². The SMILES string of the molecule is O=C(c1cc(-n2cccc2)ccc1Cl)N1CC[C@]2(O)CCCC[C@H]2C1. The molecule has 2 aromatic rings. The van der Waals surface area contributed by atoms with E-state index in [4.69, 9.17) is 11.6 Å². The van der Waals surface area contributed by atoms with Crippen molar-refractivity contribution in [3.63, 3.8) is 0 Å². The summed E-state index contributed by atoms with van der Waals surface area (Å²) in [6.45, 7) is 1.22. The lowest BCUT2D eigenvalue weighted by molar-refractivity contribution is -0.0886. The number of nitrogens with zero attached hydrogens (tertiary/aromatic N) is 2. The summed E-state index contributed by atoms with van der Waals surface area (Å²) in [5.41, 5.74) is 0.879. The average molecular weight is 359 g/mol. The van der Waals surface area contributed by atoms with Crippen LogP contribution >= 0.6 is 11.6 Å². The predicted octanol–water partition coefficient (Wildman–Crippen LogP) is 3.90. The van der Waals surface area contributed by atoms with Gasteiger partial charge in [0.25, 0.3) is 5.91 Å². The second kappa shape index (κ2) is 6.50. The Bertz CT molecular complexity index is 774. The molecule has 2 atom stereocenters. The predicted molar refractivity (Wildman–Crippen MR) is 98.2 cm³/mol. The molecule has 5 heteroatoms. The minimum Gasteiger partial charge on any atom is -0.389 e. The van der Waals surface area contributed by atoms with Crippen LogP contribution in [0, 0.1) is 5.92 Å². The maximum Gasteiger partial charge on any atom is 0.255 e. The molecule has 1 saturated carbocycles. The zero-order chi connectivity index (χ0) is 17.4. The van der Waals surface area contributed by atoms with Crippen LogP contribution in [0.1, 0.15) is 42.5 Å². The van der Waals surface area contributed by atoms with E-state index in [1.165, 1.54) is 0 Å². The standard InChI is InChI=1S/C20H23ClN2O2/c21-18-7-6-16(22-10-3-4-11-22)13-17(18)19(24)23-12-9-20(25)8-2-1-5-15(20)14-23/h3-4,6-7,10-11,13,15,25H,1-2,5,8-9,12,14H2/t15-,20+/m0/s1. The molecular formula is C20H23ClN2O2. The first-order chi connectivity index (χ1) is 12.1. The van der Waals surface area contributed by atoms with Crippen LogP contribution in [-0.2, 0) is 0 Å². The van der Waals surface area contributed by atoms with E-state index >= 15 is 0 Å². The molecule has 0 unspecified atom stereocenters. The molecular weight excluding hydrogens is 336 g/mol. The summed E-state index contributed by atoms with van der Waals surface area (Å²) in [5.74, 6) is 0.150. The summed E-state index contributed by atoms with van der Waals surface area (Å²) in [6.07, 6.45) is 8.64. The van der Waals surface area contributed by atoms with Gasteiger partial charge in [0, 0.05) is 37.1 Å². The molecule has 0 radical (unpaired) electrons. The first-order valence-corrected chi connectivity index (χ1v) is 9.39. The molecule has 1 N–H and O–H groups in total. The van der Waals surface area contributed by atoms with Crippen LogP contribution < -0.4 is 0 Å². The second-order valence-corrected chi connectivity index (χ2v) is 7.71. The number of piperidine rings is 1. The van der Waals surface area contributed by atoms with Gasteiger partial charge >= 0.3 is 0 Å². The van der Waals surface area contributed by atoms with Gasteiger partial charge in [0.2, 0.25) is 0 Å². The molecule has 132 valence electrons. The van der Waals surface area contributed by atoms with Gasteiger partial charge in [0.15, 0.2) is 0 Å². The highest BCUT2D eigenvalue weighted by Crippen LogP contribution is 2.40. The first-order valence-electron chi connectivity index (χ1n) is 9.01. The molecule has 0 spiro atoms. The van der Waals surface area contributed by atoms with Crippen molar-refractivity contribution in [2.75, 3.05) is 13.1 Å². The molecule has 1 saturated heterocycles. The van der Waals surface area contributed by atoms with Crippen molar-refractivity contribution in [2.24, 2.45) is 5.92 Å². The van der Waals surface area contributed by atoms with E-state index in [-0.39, 0.29) is 11.8 Å². The van der Waals surface area contributed by atoms with Crippen LogP contribution in [0.2, 0.25) is 5.02 Å². The van der Waals surface area contributed by atoms with Crippen LogP contribution in [-0.4, -0.2) is 39.2 Å². The molecule has 1 aromatic carbocycles. The average Bonchev–Trinajstić information content (AvgIpc) is 3.15. The number of benzene rings is 1. The number of halogens is 1. The van der Waals surface area contributed by atoms with E-state index in [0.717, 1.165) is 31.4 Å². The number of aromatic nitrogens is 1. The van der Waals surface area contributed by atoms with Crippen molar-refractivity contribution in [3.05, 3.63) is 53.3 Å². The molecule has 25 heavy (non-hydrogen) atoms. The number of carbonyl (C=O) groups excluding carboxylic acids is 1. The Morgan fingerprint density at radius 1 is 1.20 bits per heavy atom. The number of fused-ring (bicyclic) bond motifs is 1. The fourth-order valence-corrected chi connectivity index (χ4v) is 4.47.